The molecule has 0 saturated carbocycles. The molecule has 1 amide bonds. The molecule has 0 atom stereocenters. The van der Waals surface area contributed by atoms with E-state index >= 15 is 0 Å². The van der Waals surface area contributed by atoms with Crippen LogP contribution >= 0.6 is 27.3 Å². The molecule has 1 N–H and O–H groups in total. The van der Waals surface area contributed by atoms with Crippen LogP contribution in [-0.4, -0.2) is 17.4 Å². The quantitative estimate of drug-likeness (QED) is 0.944. The Morgan fingerprint density at radius 3 is 3.00 bits per heavy atom. The summed E-state index contributed by atoms with van der Waals surface area (Å²) in [5, 5.41) is 5.81. The highest BCUT2D eigenvalue weighted by Crippen LogP contribution is 2.13. The number of nitrogens with one attached hydrogen (secondary N) is 1. The number of amides is 1. The van der Waals surface area contributed by atoms with Crippen molar-refractivity contribution >= 4 is 33.2 Å². The number of nitrogens with zero attached hydrogens (tertiary/aromatic N) is 1. The van der Waals surface area contributed by atoms with Gasteiger partial charge in [0.15, 0.2) is 10.4 Å². The summed E-state index contributed by atoms with van der Waals surface area (Å²) < 4.78 is 5.70. The molecule has 0 spiro atoms. The van der Waals surface area contributed by atoms with Crippen LogP contribution in [0.5, 0.6) is 0 Å². The van der Waals surface area contributed by atoms with E-state index in [4.69, 9.17) is 4.42 Å². The summed E-state index contributed by atoms with van der Waals surface area (Å²) >= 11 is 4.76. The van der Waals surface area contributed by atoms with Crippen molar-refractivity contribution < 1.29 is 9.21 Å². The lowest BCUT2D eigenvalue weighted by Crippen LogP contribution is -2.25. The minimum absolute atomic E-state index is 0.205. The average molecular weight is 315 g/mol. The van der Waals surface area contributed by atoms with E-state index in [9.17, 15) is 4.79 Å². The second kappa shape index (κ2) is 5.46. The second-order valence-electron chi connectivity index (χ2n) is 3.49. The zero-order valence-electron chi connectivity index (χ0n) is 9.20. The van der Waals surface area contributed by atoms with Crippen LogP contribution in [-0.2, 0) is 6.42 Å². The molecule has 4 nitrogen and oxygen atoms in total. The maximum Gasteiger partial charge on any atom is 0.287 e. The summed E-state index contributed by atoms with van der Waals surface area (Å²) in [7, 11) is 0. The van der Waals surface area contributed by atoms with E-state index in [-0.39, 0.29) is 5.91 Å². The van der Waals surface area contributed by atoms with Gasteiger partial charge in [0, 0.05) is 24.0 Å². The van der Waals surface area contributed by atoms with Gasteiger partial charge in [0.1, 0.15) is 0 Å². The molecule has 0 saturated heterocycles. The Hall–Kier alpha value is -1.14. The standard InChI is InChI=1S/C11H11BrN2O2S/c1-7-6-17-10(14-7)4-5-13-11(15)8-2-3-9(12)16-8/h2-3,6H,4-5H2,1H3,(H,13,15). The van der Waals surface area contributed by atoms with Crippen molar-refractivity contribution in [1.82, 2.24) is 10.3 Å². The minimum Gasteiger partial charge on any atom is -0.444 e. The Balaban J connectivity index is 1.81. The number of carbonyl (C=O) groups is 1. The van der Waals surface area contributed by atoms with E-state index in [2.05, 4.69) is 26.2 Å². The van der Waals surface area contributed by atoms with E-state index in [0.717, 1.165) is 17.1 Å². The predicted molar refractivity (Wildman–Crippen MR) is 69.3 cm³/mol. The lowest BCUT2D eigenvalue weighted by Gasteiger charge is -2.00. The summed E-state index contributed by atoms with van der Waals surface area (Å²) in [6.45, 7) is 2.52. The van der Waals surface area contributed by atoms with Gasteiger partial charge in [-0.3, -0.25) is 4.79 Å². The lowest BCUT2D eigenvalue weighted by molar-refractivity contribution is 0.0925. The van der Waals surface area contributed by atoms with Crippen LogP contribution in [0.1, 0.15) is 21.3 Å². The zero-order valence-corrected chi connectivity index (χ0v) is 11.6. The molecule has 0 fully saturated rings. The average Bonchev–Trinajstić information content (AvgIpc) is 2.88. The number of hydrogen-bond donors (Lipinski definition) is 1. The summed E-state index contributed by atoms with van der Waals surface area (Å²) in [5.74, 6) is 0.108. The predicted octanol–water partition coefficient (Wildman–Crippen LogP) is 2.78. The maximum absolute atomic E-state index is 11.6. The van der Waals surface area contributed by atoms with Gasteiger partial charge in [-0.15, -0.1) is 11.3 Å². The van der Waals surface area contributed by atoms with Crippen molar-refractivity contribution in [2.24, 2.45) is 0 Å². The number of aryl methyl sites for hydroxylation is 1. The molecule has 0 radical (unpaired) electrons. The van der Waals surface area contributed by atoms with E-state index in [0.29, 0.717) is 17.0 Å². The van der Waals surface area contributed by atoms with Gasteiger partial charge in [0.2, 0.25) is 0 Å². The highest BCUT2D eigenvalue weighted by Gasteiger charge is 2.09. The normalized spacial score (nSPS) is 10.5. The van der Waals surface area contributed by atoms with Crippen molar-refractivity contribution in [1.29, 1.82) is 0 Å². The topological polar surface area (TPSA) is 55.1 Å². The molecule has 6 heteroatoms. The first kappa shape index (κ1) is 12.3. The van der Waals surface area contributed by atoms with E-state index in [1.54, 1.807) is 23.5 Å². The fourth-order valence-corrected chi connectivity index (χ4v) is 2.41. The largest absolute Gasteiger partial charge is 0.444 e. The molecule has 2 aromatic rings. The van der Waals surface area contributed by atoms with Gasteiger partial charge in [0.25, 0.3) is 5.91 Å². The number of halogens is 1. The Bertz CT molecular complexity index is 521. The first-order valence-electron chi connectivity index (χ1n) is 5.09. The highest BCUT2D eigenvalue weighted by atomic mass is 79.9. The monoisotopic (exact) mass is 314 g/mol. The molecule has 0 aliphatic rings. The van der Waals surface area contributed by atoms with Gasteiger partial charge in [-0.2, -0.15) is 0 Å². The van der Waals surface area contributed by atoms with Gasteiger partial charge in [-0.25, -0.2) is 4.98 Å². The molecule has 0 unspecified atom stereocenters. The van der Waals surface area contributed by atoms with Crippen LogP contribution in [0.3, 0.4) is 0 Å². The van der Waals surface area contributed by atoms with Crippen molar-refractivity contribution in [2.75, 3.05) is 6.54 Å². The van der Waals surface area contributed by atoms with Gasteiger partial charge in [-0.1, -0.05) is 0 Å². The SMILES string of the molecule is Cc1csc(CCNC(=O)c2ccc(Br)o2)n1. The molecule has 0 aliphatic heterocycles. The number of hydrogen-bond acceptors (Lipinski definition) is 4. The molecule has 0 bridgehead atoms. The second-order valence-corrected chi connectivity index (χ2v) is 5.22. The molecule has 0 aromatic carbocycles. The van der Waals surface area contributed by atoms with Gasteiger partial charge >= 0.3 is 0 Å². The van der Waals surface area contributed by atoms with Crippen molar-refractivity contribution in [3.8, 4) is 0 Å². The molecule has 17 heavy (non-hydrogen) atoms. The summed E-state index contributed by atoms with van der Waals surface area (Å²) in [4.78, 5) is 15.9. The number of furan rings is 1. The molecule has 2 heterocycles. The van der Waals surface area contributed by atoms with Crippen LogP contribution in [0.15, 0.2) is 26.6 Å². The number of carbonyl (C=O) groups excluding carboxylic acids is 1. The summed E-state index contributed by atoms with van der Waals surface area (Å²) in [6, 6.07) is 3.33. The molecular formula is C11H11BrN2O2S. The van der Waals surface area contributed by atoms with Gasteiger partial charge in [0.05, 0.1) is 5.01 Å². The summed E-state index contributed by atoms with van der Waals surface area (Å²) in [6.07, 6.45) is 0.742. The van der Waals surface area contributed by atoms with Crippen LogP contribution in [0.25, 0.3) is 0 Å². The molecule has 0 aliphatic carbocycles. The highest BCUT2D eigenvalue weighted by molar-refractivity contribution is 9.10. The van der Waals surface area contributed by atoms with Gasteiger partial charge < -0.3 is 9.73 Å². The van der Waals surface area contributed by atoms with Crippen LogP contribution < -0.4 is 5.32 Å². The molecule has 2 aromatic heterocycles. The summed E-state index contributed by atoms with van der Waals surface area (Å²) in [5.41, 5.74) is 1.02. The third-order valence-electron chi connectivity index (χ3n) is 2.09. The zero-order chi connectivity index (χ0) is 12.3. The third-order valence-corrected chi connectivity index (χ3v) is 3.54. The van der Waals surface area contributed by atoms with Crippen LogP contribution in [0.2, 0.25) is 0 Å². The Kier molecular flexibility index (Phi) is 3.96. The first-order valence-corrected chi connectivity index (χ1v) is 6.77. The molecule has 90 valence electrons. The van der Waals surface area contributed by atoms with E-state index in [1.165, 1.54) is 0 Å². The Morgan fingerprint density at radius 1 is 1.59 bits per heavy atom. The maximum atomic E-state index is 11.6. The fourth-order valence-electron chi connectivity index (χ4n) is 1.32. The lowest BCUT2D eigenvalue weighted by atomic mass is 10.4. The first-order chi connectivity index (χ1) is 8.15. The van der Waals surface area contributed by atoms with Crippen LogP contribution in [0, 0.1) is 6.92 Å². The van der Waals surface area contributed by atoms with E-state index in [1.807, 2.05) is 12.3 Å². The van der Waals surface area contributed by atoms with Crippen molar-refractivity contribution in [3.05, 3.63) is 38.6 Å². The molecule has 2 rings (SSSR count). The number of thiazole rings is 1. The molecular weight excluding hydrogens is 304 g/mol. The van der Waals surface area contributed by atoms with Crippen LogP contribution in [0.4, 0.5) is 0 Å². The third kappa shape index (κ3) is 3.41. The van der Waals surface area contributed by atoms with Crippen molar-refractivity contribution in [3.63, 3.8) is 0 Å². The Morgan fingerprint density at radius 2 is 2.41 bits per heavy atom. The smallest absolute Gasteiger partial charge is 0.287 e. The van der Waals surface area contributed by atoms with Crippen molar-refractivity contribution in [2.45, 2.75) is 13.3 Å². The minimum atomic E-state index is -0.205. The number of rotatable bonds is 4. The number of aromatic nitrogens is 1. The van der Waals surface area contributed by atoms with E-state index < -0.39 is 0 Å². The fraction of sp³-hybridized carbons (Fsp3) is 0.273. The van der Waals surface area contributed by atoms with Gasteiger partial charge in [-0.05, 0) is 35.0 Å². The Labute approximate surface area is 111 Å².